The molecule has 5 heteroatoms. The van der Waals surface area contributed by atoms with Crippen molar-refractivity contribution < 1.29 is 0 Å². The van der Waals surface area contributed by atoms with E-state index in [9.17, 15) is 0 Å². The molecule has 1 aromatic heterocycles. The Labute approximate surface area is 220 Å². The Morgan fingerprint density at radius 3 is 2.39 bits per heavy atom. The van der Waals surface area contributed by atoms with E-state index in [1.165, 1.54) is 93.3 Å². The van der Waals surface area contributed by atoms with E-state index >= 15 is 0 Å². The number of anilines is 1. The van der Waals surface area contributed by atoms with Gasteiger partial charge in [-0.05, 0) is 100 Å². The molecule has 3 heterocycles. The third-order valence-electron chi connectivity index (χ3n) is 8.02. The van der Waals surface area contributed by atoms with Gasteiger partial charge in [0.25, 0.3) is 0 Å². The highest BCUT2D eigenvalue weighted by Gasteiger charge is 2.18. The minimum Gasteiger partial charge on any atom is -0.369 e. The summed E-state index contributed by atoms with van der Waals surface area (Å²) in [5.41, 5.74) is 7.33. The first-order valence-corrected chi connectivity index (χ1v) is 14.6. The molecule has 0 atom stereocenters. The quantitative estimate of drug-likeness (QED) is 0.644. The van der Waals surface area contributed by atoms with Crippen LogP contribution in [0.3, 0.4) is 0 Å². The summed E-state index contributed by atoms with van der Waals surface area (Å²) < 4.78 is 0. The molecule has 1 aromatic carbocycles. The Morgan fingerprint density at radius 1 is 0.833 bits per heavy atom. The van der Waals surface area contributed by atoms with Crippen LogP contribution in [0.15, 0.2) is 36.5 Å². The van der Waals surface area contributed by atoms with Gasteiger partial charge < -0.3 is 20.4 Å². The highest BCUT2D eigenvalue weighted by molar-refractivity contribution is 5.58. The van der Waals surface area contributed by atoms with Gasteiger partial charge in [0.15, 0.2) is 0 Å². The summed E-state index contributed by atoms with van der Waals surface area (Å²) in [6.07, 6.45) is 15.5. The predicted octanol–water partition coefficient (Wildman–Crippen LogP) is 4.83. The minimum atomic E-state index is 1.00. The van der Waals surface area contributed by atoms with Crippen molar-refractivity contribution in [1.29, 1.82) is 0 Å². The number of hydrogen-bond acceptors (Lipinski definition) is 5. The van der Waals surface area contributed by atoms with E-state index in [1.54, 1.807) is 5.56 Å². The summed E-state index contributed by atoms with van der Waals surface area (Å²) >= 11 is 0. The van der Waals surface area contributed by atoms with Crippen LogP contribution in [0.1, 0.15) is 67.3 Å². The van der Waals surface area contributed by atoms with Crippen molar-refractivity contribution in [2.45, 2.75) is 70.8 Å². The molecule has 1 saturated carbocycles. The van der Waals surface area contributed by atoms with Crippen LogP contribution in [0.25, 0.3) is 0 Å². The lowest BCUT2D eigenvalue weighted by atomic mass is 9.89. The van der Waals surface area contributed by atoms with E-state index in [-0.39, 0.29) is 0 Å². The maximum absolute atomic E-state index is 4.32. The Morgan fingerprint density at radius 2 is 1.61 bits per heavy atom. The van der Waals surface area contributed by atoms with Crippen molar-refractivity contribution in [3.8, 4) is 0 Å². The Balaban J connectivity index is 0.000000133. The number of aromatic nitrogens is 1. The van der Waals surface area contributed by atoms with Gasteiger partial charge in [0.05, 0.1) is 0 Å². The van der Waals surface area contributed by atoms with Gasteiger partial charge in [0, 0.05) is 56.8 Å². The summed E-state index contributed by atoms with van der Waals surface area (Å²) in [5.74, 6) is 1.00. The van der Waals surface area contributed by atoms with E-state index in [2.05, 4.69) is 63.8 Å². The summed E-state index contributed by atoms with van der Waals surface area (Å²) in [5, 5.41) is 6.85. The number of nitrogens with one attached hydrogen (secondary N) is 2. The lowest BCUT2D eigenvalue weighted by molar-refractivity contribution is 0.264. The van der Waals surface area contributed by atoms with Gasteiger partial charge in [-0.15, -0.1) is 0 Å². The molecule has 2 fully saturated rings. The topological polar surface area (TPSA) is 43.4 Å². The van der Waals surface area contributed by atoms with Crippen LogP contribution in [0, 0.1) is 5.92 Å². The summed E-state index contributed by atoms with van der Waals surface area (Å²) in [6, 6.07) is 11.0. The fourth-order valence-corrected chi connectivity index (χ4v) is 6.13. The van der Waals surface area contributed by atoms with E-state index in [0.717, 1.165) is 45.2 Å². The molecule has 2 aliphatic heterocycles. The van der Waals surface area contributed by atoms with Gasteiger partial charge in [-0.25, -0.2) is 0 Å². The van der Waals surface area contributed by atoms with Crippen LogP contribution >= 0.6 is 0 Å². The third kappa shape index (κ3) is 8.29. The first-order chi connectivity index (χ1) is 17.7. The number of benzene rings is 1. The molecule has 2 aliphatic carbocycles. The second kappa shape index (κ2) is 14.7. The molecule has 6 rings (SSSR count). The number of piperazine rings is 1. The number of pyridine rings is 1. The van der Waals surface area contributed by atoms with Gasteiger partial charge in [-0.2, -0.15) is 0 Å². The van der Waals surface area contributed by atoms with Gasteiger partial charge in [-0.3, -0.25) is 4.98 Å². The van der Waals surface area contributed by atoms with Gasteiger partial charge in [0.2, 0.25) is 0 Å². The van der Waals surface area contributed by atoms with Crippen molar-refractivity contribution in [2.24, 2.45) is 5.92 Å². The number of hydrogen-bond donors (Lipinski definition) is 2. The predicted molar refractivity (Wildman–Crippen MR) is 153 cm³/mol. The minimum absolute atomic E-state index is 1.00. The van der Waals surface area contributed by atoms with Crippen molar-refractivity contribution in [3.63, 3.8) is 0 Å². The molecule has 2 aromatic rings. The fraction of sp³-hybridized carbons (Fsp3) is 0.645. The normalized spacial score (nSPS) is 19.8. The Kier molecular flexibility index (Phi) is 11.1. The molecule has 0 spiro atoms. The maximum atomic E-state index is 4.32. The summed E-state index contributed by atoms with van der Waals surface area (Å²) in [7, 11) is 4.35. The number of rotatable bonds is 3. The zero-order valence-electron chi connectivity index (χ0n) is 22.9. The lowest BCUT2D eigenvalue weighted by Crippen LogP contribution is -2.44. The molecule has 0 bridgehead atoms. The number of nitrogens with zero attached hydrogens (tertiary/aromatic N) is 3. The van der Waals surface area contributed by atoms with Gasteiger partial charge in [-0.1, -0.05) is 37.5 Å². The van der Waals surface area contributed by atoms with Crippen molar-refractivity contribution >= 4 is 5.69 Å². The lowest BCUT2D eigenvalue weighted by Gasteiger charge is -2.33. The van der Waals surface area contributed by atoms with Crippen LogP contribution in [0.5, 0.6) is 0 Å². The molecule has 0 amide bonds. The van der Waals surface area contributed by atoms with Crippen LogP contribution in [0.2, 0.25) is 0 Å². The standard InChI is InChI=1S/C13H19N3.C9H11N.C9H19N/c1-2-11-10-15-5-4-12(11)13(3-1)16-8-6-14-7-9-16;1-2-6-9-8(4-1)5-3-7-10-9;1-10(2)8-9-6-4-3-5-7-9/h1-3,14-15H,4-10H2;3,5,7H,1-2,4,6H2;9H,3-8H2,1-2H3. The van der Waals surface area contributed by atoms with Crippen molar-refractivity contribution in [3.05, 3.63) is 58.9 Å². The van der Waals surface area contributed by atoms with Crippen LogP contribution in [0.4, 0.5) is 5.69 Å². The zero-order chi connectivity index (χ0) is 25.0. The summed E-state index contributed by atoms with van der Waals surface area (Å²) in [6.45, 7) is 7.98. The Hall–Kier alpha value is -1.95. The SMILES string of the molecule is CN(C)CC1CCCCC1.c1cc2c(c(N3CCNCC3)c1)CCNC2.c1cnc2c(c1)CCCC2. The molecule has 5 nitrogen and oxygen atoms in total. The van der Waals surface area contributed by atoms with E-state index in [0.29, 0.717) is 0 Å². The number of aryl methyl sites for hydroxylation is 2. The van der Waals surface area contributed by atoms with Crippen molar-refractivity contribution in [1.82, 2.24) is 20.5 Å². The number of fused-ring (bicyclic) bond motifs is 2. The molecule has 36 heavy (non-hydrogen) atoms. The van der Waals surface area contributed by atoms with Crippen LogP contribution in [-0.2, 0) is 25.8 Å². The molecular weight excluding hydrogens is 442 g/mol. The maximum Gasteiger partial charge on any atom is 0.0435 e. The van der Waals surface area contributed by atoms with Gasteiger partial charge in [0.1, 0.15) is 0 Å². The molecule has 4 aliphatic rings. The van der Waals surface area contributed by atoms with E-state index in [4.69, 9.17) is 0 Å². The van der Waals surface area contributed by atoms with E-state index < -0.39 is 0 Å². The van der Waals surface area contributed by atoms with Crippen LogP contribution in [-0.4, -0.2) is 63.2 Å². The molecule has 0 radical (unpaired) electrons. The van der Waals surface area contributed by atoms with Gasteiger partial charge >= 0.3 is 0 Å². The first kappa shape index (κ1) is 27.1. The summed E-state index contributed by atoms with van der Waals surface area (Å²) in [4.78, 5) is 9.16. The first-order valence-electron chi connectivity index (χ1n) is 14.6. The average molecular weight is 492 g/mol. The molecule has 1 saturated heterocycles. The molecule has 0 unspecified atom stereocenters. The molecular formula is C31H49N5. The Bertz CT molecular complexity index is 875. The van der Waals surface area contributed by atoms with Crippen molar-refractivity contribution in [2.75, 3.05) is 58.3 Å². The second-order valence-corrected chi connectivity index (χ2v) is 11.2. The molecule has 198 valence electrons. The average Bonchev–Trinajstić information content (AvgIpc) is 2.94. The van der Waals surface area contributed by atoms with E-state index in [1.807, 2.05) is 12.3 Å². The fourth-order valence-electron chi connectivity index (χ4n) is 6.13. The molecule has 2 N–H and O–H groups in total. The van der Waals surface area contributed by atoms with Crippen LogP contribution < -0.4 is 15.5 Å². The second-order valence-electron chi connectivity index (χ2n) is 11.2. The monoisotopic (exact) mass is 491 g/mol. The smallest absolute Gasteiger partial charge is 0.0435 e. The highest BCUT2D eigenvalue weighted by atomic mass is 15.2. The largest absolute Gasteiger partial charge is 0.369 e. The zero-order valence-corrected chi connectivity index (χ0v) is 22.9. The highest BCUT2D eigenvalue weighted by Crippen LogP contribution is 2.27. The third-order valence-corrected chi connectivity index (χ3v) is 8.02.